The largest absolute Gasteiger partial charge is 0.478 e. The fourth-order valence-electron chi connectivity index (χ4n) is 1.64. The van der Waals surface area contributed by atoms with E-state index in [0.29, 0.717) is 11.8 Å². The van der Waals surface area contributed by atoms with Crippen LogP contribution in [0.2, 0.25) is 0 Å². The first-order chi connectivity index (χ1) is 9.04. The molecule has 20 heavy (non-hydrogen) atoms. The molecular formula is C11H13F3N2O4. The van der Waals surface area contributed by atoms with Gasteiger partial charge >= 0.3 is 18.2 Å². The summed E-state index contributed by atoms with van der Waals surface area (Å²) in [7, 11) is 0. The summed E-state index contributed by atoms with van der Waals surface area (Å²) in [5, 5.41) is 10.3. The van der Waals surface area contributed by atoms with Gasteiger partial charge in [0.2, 0.25) is 5.54 Å². The van der Waals surface area contributed by atoms with Crippen LogP contribution in [0.25, 0.3) is 0 Å². The molecule has 112 valence electrons. The lowest BCUT2D eigenvalue weighted by atomic mass is 10.0. The smallest absolute Gasteiger partial charge is 0.420 e. The molecule has 0 bridgehead atoms. The van der Waals surface area contributed by atoms with Crippen LogP contribution in [-0.4, -0.2) is 46.2 Å². The molecule has 0 saturated carbocycles. The molecule has 9 heteroatoms. The van der Waals surface area contributed by atoms with Crippen molar-refractivity contribution in [3.05, 3.63) is 11.6 Å². The van der Waals surface area contributed by atoms with Crippen molar-refractivity contribution in [1.29, 1.82) is 0 Å². The van der Waals surface area contributed by atoms with Crippen molar-refractivity contribution in [1.82, 2.24) is 10.2 Å². The van der Waals surface area contributed by atoms with E-state index in [1.165, 1.54) is 6.92 Å². The number of alkyl halides is 3. The summed E-state index contributed by atoms with van der Waals surface area (Å²) < 4.78 is 38.3. The molecule has 0 aromatic heterocycles. The SMILES string of the molecule is CCC(=CCN1C(=O)NC(C)(C(F)(F)F)C1=O)C(=O)O. The molecule has 1 rings (SSSR count). The third-order valence-corrected chi connectivity index (χ3v) is 3.02. The van der Waals surface area contributed by atoms with Crippen molar-refractivity contribution in [3.63, 3.8) is 0 Å². The van der Waals surface area contributed by atoms with Gasteiger partial charge < -0.3 is 10.4 Å². The Morgan fingerprint density at radius 3 is 2.35 bits per heavy atom. The van der Waals surface area contributed by atoms with Crippen molar-refractivity contribution in [2.24, 2.45) is 0 Å². The first-order valence-corrected chi connectivity index (χ1v) is 5.67. The van der Waals surface area contributed by atoms with Crippen LogP contribution in [0, 0.1) is 0 Å². The van der Waals surface area contributed by atoms with Gasteiger partial charge in [0.1, 0.15) is 0 Å². The summed E-state index contributed by atoms with van der Waals surface area (Å²) in [4.78, 5) is 34.2. The molecule has 0 radical (unpaired) electrons. The molecule has 0 aliphatic carbocycles. The molecule has 3 amide bonds. The van der Waals surface area contributed by atoms with E-state index in [2.05, 4.69) is 0 Å². The van der Waals surface area contributed by atoms with Gasteiger partial charge in [0.05, 0.1) is 0 Å². The van der Waals surface area contributed by atoms with E-state index in [4.69, 9.17) is 5.11 Å². The Morgan fingerprint density at radius 2 is 2.00 bits per heavy atom. The van der Waals surface area contributed by atoms with Crippen LogP contribution in [0.1, 0.15) is 20.3 Å². The van der Waals surface area contributed by atoms with Crippen LogP contribution < -0.4 is 5.32 Å². The number of amides is 3. The minimum Gasteiger partial charge on any atom is -0.478 e. The third kappa shape index (κ3) is 2.61. The zero-order valence-electron chi connectivity index (χ0n) is 10.7. The quantitative estimate of drug-likeness (QED) is 0.604. The van der Waals surface area contributed by atoms with E-state index < -0.39 is 36.2 Å². The Morgan fingerprint density at radius 1 is 1.45 bits per heavy atom. The predicted molar refractivity (Wildman–Crippen MR) is 60.7 cm³/mol. The molecule has 1 unspecified atom stereocenters. The zero-order valence-corrected chi connectivity index (χ0v) is 10.7. The number of halogens is 3. The number of nitrogens with zero attached hydrogens (tertiary/aromatic N) is 1. The van der Waals surface area contributed by atoms with Crippen LogP contribution in [0.15, 0.2) is 11.6 Å². The topological polar surface area (TPSA) is 86.7 Å². The van der Waals surface area contributed by atoms with Crippen LogP contribution in [-0.2, 0) is 9.59 Å². The number of nitrogens with one attached hydrogen (secondary N) is 1. The number of carbonyl (C=O) groups is 3. The van der Waals surface area contributed by atoms with Crippen LogP contribution >= 0.6 is 0 Å². The van der Waals surface area contributed by atoms with Crippen molar-refractivity contribution in [3.8, 4) is 0 Å². The second kappa shape index (κ2) is 5.14. The maximum Gasteiger partial charge on any atom is 0.420 e. The third-order valence-electron chi connectivity index (χ3n) is 3.02. The van der Waals surface area contributed by atoms with Crippen molar-refractivity contribution < 1.29 is 32.7 Å². The second-order valence-electron chi connectivity index (χ2n) is 4.36. The van der Waals surface area contributed by atoms with Crippen LogP contribution in [0.4, 0.5) is 18.0 Å². The number of hydrogen-bond donors (Lipinski definition) is 2. The van der Waals surface area contributed by atoms with E-state index in [1.807, 2.05) is 0 Å². The van der Waals surface area contributed by atoms with Gasteiger partial charge in [-0.3, -0.25) is 9.69 Å². The number of hydrogen-bond acceptors (Lipinski definition) is 3. The van der Waals surface area contributed by atoms with Crippen LogP contribution in [0.5, 0.6) is 0 Å². The second-order valence-corrected chi connectivity index (χ2v) is 4.36. The summed E-state index contributed by atoms with van der Waals surface area (Å²) >= 11 is 0. The van der Waals surface area contributed by atoms with Gasteiger partial charge in [0.25, 0.3) is 5.91 Å². The standard InChI is InChI=1S/C11H13F3N2O4/c1-3-6(7(17)18)4-5-16-8(19)10(2,11(12,13)14)15-9(16)20/h4H,3,5H2,1-2H3,(H,15,20)(H,17,18). The van der Waals surface area contributed by atoms with Gasteiger partial charge in [-0.25, -0.2) is 9.59 Å². The number of imide groups is 1. The first kappa shape index (κ1) is 16.0. The number of aliphatic carboxylic acids is 1. The van der Waals surface area contributed by atoms with E-state index in [-0.39, 0.29) is 12.0 Å². The van der Waals surface area contributed by atoms with E-state index in [1.54, 1.807) is 5.32 Å². The lowest BCUT2D eigenvalue weighted by molar-refractivity contribution is -0.190. The van der Waals surface area contributed by atoms with Crippen molar-refractivity contribution >= 4 is 17.9 Å². The molecule has 0 aromatic carbocycles. The van der Waals surface area contributed by atoms with E-state index in [0.717, 1.165) is 6.08 Å². The Hall–Kier alpha value is -2.06. The summed E-state index contributed by atoms with van der Waals surface area (Å²) in [5.74, 6) is -2.70. The average Bonchev–Trinajstić information content (AvgIpc) is 2.52. The van der Waals surface area contributed by atoms with E-state index >= 15 is 0 Å². The lowest BCUT2D eigenvalue weighted by Gasteiger charge is -2.24. The fraction of sp³-hybridized carbons (Fsp3) is 0.545. The molecule has 1 atom stereocenters. The highest BCUT2D eigenvalue weighted by molar-refractivity contribution is 6.07. The monoisotopic (exact) mass is 294 g/mol. The molecule has 0 aromatic rings. The molecule has 6 nitrogen and oxygen atoms in total. The number of carbonyl (C=O) groups excluding carboxylic acids is 2. The summed E-state index contributed by atoms with van der Waals surface area (Å²) in [6, 6.07) is -1.20. The maximum atomic E-state index is 12.8. The number of carboxylic acids is 1. The molecule has 1 heterocycles. The highest BCUT2D eigenvalue weighted by Crippen LogP contribution is 2.35. The molecule has 1 aliphatic heterocycles. The summed E-state index contributed by atoms with van der Waals surface area (Å²) in [5.41, 5.74) is -3.07. The Bertz CT molecular complexity index is 487. The first-order valence-electron chi connectivity index (χ1n) is 5.67. The molecular weight excluding hydrogens is 281 g/mol. The molecule has 2 N–H and O–H groups in total. The van der Waals surface area contributed by atoms with Crippen LogP contribution in [0.3, 0.4) is 0 Å². The van der Waals surface area contributed by atoms with Gasteiger partial charge in [-0.1, -0.05) is 13.0 Å². The normalized spacial score (nSPS) is 24.1. The summed E-state index contributed by atoms with van der Waals surface area (Å²) in [6.45, 7) is 1.58. The molecule has 1 aliphatic rings. The lowest BCUT2D eigenvalue weighted by Crippen LogP contribution is -2.56. The van der Waals surface area contributed by atoms with Gasteiger partial charge in [0, 0.05) is 12.1 Å². The predicted octanol–water partition coefficient (Wildman–Crippen LogP) is 1.28. The number of rotatable bonds is 4. The highest BCUT2D eigenvalue weighted by Gasteiger charge is 2.64. The minimum absolute atomic E-state index is 0.0915. The Kier molecular flexibility index (Phi) is 4.11. The Balaban J connectivity index is 2.97. The number of carboxylic acid groups (broad SMARTS) is 1. The van der Waals surface area contributed by atoms with Gasteiger partial charge in [0.15, 0.2) is 0 Å². The highest BCUT2D eigenvalue weighted by atomic mass is 19.4. The minimum atomic E-state index is -4.93. The molecule has 1 saturated heterocycles. The van der Waals surface area contributed by atoms with Crippen molar-refractivity contribution in [2.45, 2.75) is 32.0 Å². The molecule has 1 fully saturated rings. The Labute approximate surface area is 112 Å². The van der Waals surface area contributed by atoms with E-state index in [9.17, 15) is 27.6 Å². The van der Waals surface area contributed by atoms with Crippen molar-refractivity contribution in [2.75, 3.05) is 6.54 Å². The zero-order chi connectivity index (χ0) is 15.7. The van der Waals surface area contributed by atoms with Gasteiger partial charge in [-0.15, -0.1) is 0 Å². The van der Waals surface area contributed by atoms with Gasteiger partial charge in [-0.2, -0.15) is 13.2 Å². The maximum absolute atomic E-state index is 12.8. The average molecular weight is 294 g/mol. The fourth-order valence-corrected chi connectivity index (χ4v) is 1.64. The molecule has 0 spiro atoms. The summed E-state index contributed by atoms with van der Waals surface area (Å²) in [6.07, 6.45) is -3.77. The number of urea groups is 1. The van der Waals surface area contributed by atoms with Gasteiger partial charge in [-0.05, 0) is 13.3 Å².